The van der Waals surface area contributed by atoms with Crippen molar-refractivity contribution < 1.29 is 14.0 Å². The number of thiophene rings is 1. The topological polar surface area (TPSA) is 94.4 Å². The van der Waals surface area contributed by atoms with Crippen LogP contribution in [0.4, 0.5) is 9.39 Å². The Bertz CT molecular complexity index is 930. The number of carbonyl (C=O) groups is 2. The van der Waals surface area contributed by atoms with Crippen molar-refractivity contribution in [3.05, 3.63) is 51.7 Å². The zero-order chi connectivity index (χ0) is 18.5. The number of aryl methyl sites for hydroxylation is 1. The predicted octanol–water partition coefficient (Wildman–Crippen LogP) is 2.73. The van der Waals surface area contributed by atoms with E-state index in [1.165, 1.54) is 35.8 Å². The van der Waals surface area contributed by atoms with Crippen LogP contribution in [-0.4, -0.2) is 18.0 Å². The summed E-state index contributed by atoms with van der Waals surface area (Å²) in [7, 11) is 0. The lowest BCUT2D eigenvalue weighted by atomic mass is 9.96. The summed E-state index contributed by atoms with van der Waals surface area (Å²) in [5, 5.41) is 15.9. The Morgan fingerprint density at radius 3 is 2.85 bits per heavy atom. The first-order valence-electron chi connectivity index (χ1n) is 8.03. The molecule has 1 aromatic heterocycles. The first kappa shape index (κ1) is 17.8. The normalized spacial score (nSPS) is 13.1. The van der Waals surface area contributed by atoms with Crippen molar-refractivity contribution in [3.8, 4) is 6.07 Å². The number of rotatable bonds is 3. The van der Waals surface area contributed by atoms with Gasteiger partial charge in [0, 0.05) is 4.88 Å². The molecule has 0 saturated carbocycles. The van der Waals surface area contributed by atoms with E-state index in [-0.39, 0.29) is 0 Å². The molecule has 1 aliphatic carbocycles. The minimum absolute atomic E-state index is 0.397. The van der Waals surface area contributed by atoms with Crippen molar-refractivity contribution in [2.45, 2.75) is 25.7 Å². The lowest BCUT2D eigenvalue weighted by Gasteiger charge is -2.09. The van der Waals surface area contributed by atoms with Crippen molar-refractivity contribution in [2.75, 3.05) is 5.32 Å². The van der Waals surface area contributed by atoms with Crippen LogP contribution in [0.15, 0.2) is 29.4 Å². The summed E-state index contributed by atoms with van der Waals surface area (Å²) in [5.74, 6) is -2.30. The van der Waals surface area contributed by atoms with Crippen LogP contribution in [0.2, 0.25) is 0 Å². The molecule has 1 aliphatic rings. The predicted molar refractivity (Wildman–Crippen MR) is 96.4 cm³/mol. The Labute approximate surface area is 153 Å². The van der Waals surface area contributed by atoms with Crippen molar-refractivity contribution in [1.29, 1.82) is 5.26 Å². The Balaban J connectivity index is 1.64. The molecule has 3 rings (SSSR count). The summed E-state index contributed by atoms with van der Waals surface area (Å²) in [5.41, 5.74) is 3.95. The second kappa shape index (κ2) is 7.89. The Hall–Kier alpha value is -3.05. The number of hydrazone groups is 1. The maximum absolute atomic E-state index is 13.1. The van der Waals surface area contributed by atoms with Gasteiger partial charge in [0.15, 0.2) is 0 Å². The summed E-state index contributed by atoms with van der Waals surface area (Å²) in [4.78, 5) is 25.0. The maximum Gasteiger partial charge on any atom is 0.329 e. The number of nitriles is 1. The average Bonchev–Trinajstić information content (AvgIpc) is 2.98. The molecule has 6 nitrogen and oxygen atoms in total. The molecular weight excluding hydrogens is 355 g/mol. The number of halogens is 1. The van der Waals surface area contributed by atoms with E-state index < -0.39 is 17.6 Å². The van der Waals surface area contributed by atoms with E-state index in [1.807, 2.05) is 0 Å². The summed E-state index contributed by atoms with van der Waals surface area (Å²) >= 11 is 1.34. The van der Waals surface area contributed by atoms with Crippen LogP contribution in [0.25, 0.3) is 0 Å². The Morgan fingerprint density at radius 1 is 1.27 bits per heavy atom. The molecule has 0 bridgehead atoms. The summed E-state index contributed by atoms with van der Waals surface area (Å²) in [6.45, 7) is 0. The first-order valence-corrected chi connectivity index (χ1v) is 8.84. The lowest BCUT2D eigenvalue weighted by molar-refractivity contribution is -0.136. The van der Waals surface area contributed by atoms with E-state index in [0.717, 1.165) is 36.1 Å². The van der Waals surface area contributed by atoms with Gasteiger partial charge >= 0.3 is 11.8 Å². The molecule has 0 fully saturated rings. The highest BCUT2D eigenvalue weighted by Crippen LogP contribution is 2.37. The lowest BCUT2D eigenvalue weighted by Crippen LogP contribution is -2.32. The van der Waals surface area contributed by atoms with Gasteiger partial charge in [-0.05, 0) is 48.9 Å². The third-order valence-corrected chi connectivity index (χ3v) is 5.15. The maximum atomic E-state index is 13.1. The molecule has 132 valence electrons. The summed E-state index contributed by atoms with van der Waals surface area (Å²) in [6, 6.07) is 7.76. The standard InChI is InChI=1S/C18H15FN4O2S/c19-12-5-3-4-11(8-12)10-21-23-17(25)16(24)22-18-14(9-20)13-6-1-2-7-15(13)26-18/h3-5,8,10H,1-2,6-7H2,(H,22,24)(H,23,25)/b21-10-. The molecule has 0 unspecified atom stereocenters. The monoisotopic (exact) mass is 370 g/mol. The number of hydrogen-bond donors (Lipinski definition) is 2. The zero-order valence-corrected chi connectivity index (χ0v) is 14.5. The molecule has 0 saturated heterocycles. The Morgan fingerprint density at radius 2 is 2.08 bits per heavy atom. The highest BCUT2D eigenvalue weighted by Gasteiger charge is 2.23. The van der Waals surface area contributed by atoms with E-state index >= 15 is 0 Å². The van der Waals surface area contributed by atoms with Gasteiger partial charge in [-0.25, -0.2) is 9.82 Å². The number of hydrogen-bond acceptors (Lipinski definition) is 5. The van der Waals surface area contributed by atoms with Crippen molar-refractivity contribution in [2.24, 2.45) is 5.10 Å². The number of carbonyl (C=O) groups excluding carboxylic acids is 2. The van der Waals surface area contributed by atoms with E-state index in [1.54, 1.807) is 6.07 Å². The molecule has 0 spiro atoms. The summed E-state index contributed by atoms with van der Waals surface area (Å²) < 4.78 is 13.1. The highest BCUT2D eigenvalue weighted by molar-refractivity contribution is 7.16. The molecule has 0 aliphatic heterocycles. The van der Waals surface area contributed by atoms with Gasteiger partial charge in [-0.2, -0.15) is 10.4 Å². The van der Waals surface area contributed by atoms with E-state index in [0.29, 0.717) is 16.1 Å². The fraction of sp³-hybridized carbons (Fsp3) is 0.222. The van der Waals surface area contributed by atoms with Crippen LogP contribution in [-0.2, 0) is 22.4 Å². The van der Waals surface area contributed by atoms with Crippen LogP contribution in [0.3, 0.4) is 0 Å². The van der Waals surface area contributed by atoms with Gasteiger partial charge in [0.05, 0.1) is 11.8 Å². The second-order valence-electron chi connectivity index (χ2n) is 5.74. The van der Waals surface area contributed by atoms with Crippen LogP contribution in [0, 0.1) is 17.1 Å². The average molecular weight is 370 g/mol. The van der Waals surface area contributed by atoms with Gasteiger partial charge in [-0.1, -0.05) is 12.1 Å². The SMILES string of the molecule is N#Cc1c(NC(=O)C(=O)N/N=C\c2cccc(F)c2)sc2c1CCCC2. The molecule has 1 heterocycles. The van der Waals surface area contributed by atoms with Crippen LogP contribution in [0.5, 0.6) is 0 Å². The largest absolute Gasteiger partial charge is 0.329 e. The zero-order valence-electron chi connectivity index (χ0n) is 13.7. The molecule has 1 aromatic carbocycles. The summed E-state index contributed by atoms with van der Waals surface area (Å²) in [6.07, 6.45) is 5.00. The van der Waals surface area contributed by atoms with E-state index in [4.69, 9.17) is 0 Å². The van der Waals surface area contributed by atoms with Gasteiger partial charge in [0.1, 0.15) is 16.9 Å². The fourth-order valence-electron chi connectivity index (χ4n) is 2.74. The van der Waals surface area contributed by atoms with Crippen molar-refractivity contribution >= 4 is 34.4 Å². The van der Waals surface area contributed by atoms with Gasteiger partial charge in [0.2, 0.25) is 0 Å². The third-order valence-electron chi connectivity index (χ3n) is 3.94. The minimum atomic E-state index is -0.965. The molecule has 2 aromatic rings. The number of fused-ring (bicyclic) bond motifs is 1. The molecule has 2 N–H and O–H groups in total. The number of benzene rings is 1. The third kappa shape index (κ3) is 3.95. The molecular formula is C18H15FN4O2S. The quantitative estimate of drug-likeness (QED) is 0.494. The van der Waals surface area contributed by atoms with Gasteiger partial charge in [-0.3, -0.25) is 9.59 Å². The molecule has 0 radical (unpaired) electrons. The second-order valence-corrected chi connectivity index (χ2v) is 6.84. The number of nitrogens with one attached hydrogen (secondary N) is 2. The number of anilines is 1. The van der Waals surface area contributed by atoms with Gasteiger partial charge < -0.3 is 5.32 Å². The van der Waals surface area contributed by atoms with Crippen molar-refractivity contribution in [3.63, 3.8) is 0 Å². The van der Waals surface area contributed by atoms with Crippen LogP contribution >= 0.6 is 11.3 Å². The van der Waals surface area contributed by atoms with Gasteiger partial charge in [0.25, 0.3) is 0 Å². The smallest absolute Gasteiger partial charge is 0.308 e. The van der Waals surface area contributed by atoms with Crippen molar-refractivity contribution in [1.82, 2.24) is 5.43 Å². The first-order chi connectivity index (χ1) is 12.6. The van der Waals surface area contributed by atoms with Crippen LogP contribution < -0.4 is 10.7 Å². The van der Waals surface area contributed by atoms with Crippen LogP contribution in [0.1, 0.15) is 34.4 Å². The van der Waals surface area contributed by atoms with Gasteiger partial charge in [-0.15, -0.1) is 11.3 Å². The van der Waals surface area contributed by atoms with E-state index in [9.17, 15) is 19.2 Å². The highest BCUT2D eigenvalue weighted by atomic mass is 32.1. The molecule has 8 heteroatoms. The molecule has 26 heavy (non-hydrogen) atoms. The molecule has 0 atom stereocenters. The number of nitrogens with zero attached hydrogens (tertiary/aromatic N) is 2. The molecule has 2 amide bonds. The number of amides is 2. The van der Waals surface area contributed by atoms with E-state index in [2.05, 4.69) is 21.9 Å². The fourth-order valence-corrected chi connectivity index (χ4v) is 3.97. The minimum Gasteiger partial charge on any atom is -0.308 e. The Kier molecular flexibility index (Phi) is 5.39.